The zero-order valence-electron chi connectivity index (χ0n) is 13.5. The highest BCUT2D eigenvalue weighted by molar-refractivity contribution is 7.09. The third-order valence-electron chi connectivity index (χ3n) is 3.84. The van der Waals surface area contributed by atoms with Gasteiger partial charge in [0.1, 0.15) is 5.01 Å². The molecule has 2 N–H and O–H groups in total. The van der Waals surface area contributed by atoms with E-state index in [1.165, 1.54) is 12.8 Å². The van der Waals surface area contributed by atoms with Gasteiger partial charge < -0.3 is 10.6 Å². The molecule has 1 fully saturated rings. The van der Waals surface area contributed by atoms with Crippen LogP contribution in [0.15, 0.2) is 5.38 Å². The van der Waals surface area contributed by atoms with Gasteiger partial charge in [-0.3, -0.25) is 4.79 Å². The molecule has 4 nitrogen and oxygen atoms in total. The first kappa shape index (κ1) is 21.6. The molecule has 0 aromatic carbocycles. The molecule has 1 aliphatic heterocycles. The van der Waals surface area contributed by atoms with Crippen molar-refractivity contribution in [2.75, 3.05) is 13.1 Å². The summed E-state index contributed by atoms with van der Waals surface area (Å²) in [5.74, 6) is 0.841. The minimum absolute atomic E-state index is 0. The molecule has 128 valence electrons. The van der Waals surface area contributed by atoms with Crippen LogP contribution in [0.4, 0.5) is 0 Å². The van der Waals surface area contributed by atoms with Crippen molar-refractivity contribution in [2.45, 2.75) is 52.0 Å². The highest BCUT2D eigenvalue weighted by atomic mass is 35.5. The lowest BCUT2D eigenvalue weighted by molar-refractivity contribution is -0.123. The fourth-order valence-electron chi connectivity index (χ4n) is 2.61. The normalized spacial score (nSPS) is 15.6. The number of carbonyl (C=O) groups is 1. The summed E-state index contributed by atoms with van der Waals surface area (Å²) in [5, 5.41) is 9.48. The monoisotopic (exact) mass is 367 g/mol. The zero-order chi connectivity index (χ0) is 14.6. The summed E-state index contributed by atoms with van der Waals surface area (Å²) in [5.41, 5.74) is 0.645. The average Bonchev–Trinajstić information content (AvgIpc) is 2.85. The van der Waals surface area contributed by atoms with Gasteiger partial charge in [0.05, 0.1) is 5.54 Å². The fraction of sp³-hybridized carbons (Fsp3) is 0.733. The Bertz CT molecular complexity index is 459. The lowest BCUT2D eigenvalue weighted by atomic mass is 9.93. The molecule has 1 aromatic heterocycles. The second-order valence-electron chi connectivity index (χ2n) is 6.20. The number of hydrogen-bond donors (Lipinski definition) is 2. The molecular formula is C15H27Cl2N3OS. The van der Waals surface area contributed by atoms with Crippen molar-refractivity contribution in [3.63, 3.8) is 0 Å². The molecule has 0 aliphatic carbocycles. The third-order valence-corrected chi connectivity index (χ3v) is 5.13. The second kappa shape index (κ2) is 9.71. The van der Waals surface area contributed by atoms with Gasteiger partial charge in [0, 0.05) is 17.5 Å². The van der Waals surface area contributed by atoms with Crippen molar-refractivity contribution in [3.8, 4) is 0 Å². The predicted octanol–water partition coefficient (Wildman–Crippen LogP) is 3.43. The van der Waals surface area contributed by atoms with E-state index in [9.17, 15) is 4.79 Å². The third kappa shape index (κ3) is 6.41. The SMILES string of the molecule is Cc1csc(C(C)(C)NC(=O)CCC2CCNCC2)n1.Cl.Cl. The van der Waals surface area contributed by atoms with Crippen molar-refractivity contribution >= 4 is 42.1 Å². The Morgan fingerprint density at radius 2 is 2.05 bits per heavy atom. The Morgan fingerprint density at radius 1 is 1.41 bits per heavy atom. The largest absolute Gasteiger partial charge is 0.345 e. The zero-order valence-corrected chi connectivity index (χ0v) is 15.9. The minimum atomic E-state index is -0.371. The summed E-state index contributed by atoms with van der Waals surface area (Å²) < 4.78 is 0. The Kier molecular flexibility index (Phi) is 9.55. The van der Waals surface area contributed by atoms with Crippen LogP contribution in [0, 0.1) is 12.8 Å². The molecule has 1 saturated heterocycles. The highest BCUT2D eigenvalue weighted by Crippen LogP contribution is 2.24. The topological polar surface area (TPSA) is 54.0 Å². The first-order chi connectivity index (χ1) is 9.47. The standard InChI is InChI=1S/C15H25N3OS.2ClH/c1-11-10-20-14(17-11)15(2,3)18-13(19)5-4-12-6-8-16-9-7-12;;/h10,12,16H,4-9H2,1-3H3,(H,18,19);2*1H. The number of rotatable bonds is 5. The fourth-order valence-corrected chi connectivity index (χ4v) is 3.49. The molecule has 1 amide bonds. The Hall–Kier alpha value is -0.360. The van der Waals surface area contributed by atoms with Gasteiger partial charge in [0.2, 0.25) is 5.91 Å². The van der Waals surface area contributed by atoms with E-state index in [1.54, 1.807) is 11.3 Å². The summed E-state index contributed by atoms with van der Waals surface area (Å²) >= 11 is 1.61. The summed E-state index contributed by atoms with van der Waals surface area (Å²) in [6, 6.07) is 0. The number of carbonyl (C=O) groups excluding carboxylic acids is 1. The quantitative estimate of drug-likeness (QED) is 0.837. The molecule has 0 bridgehead atoms. The molecule has 0 atom stereocenters. The van der Waals surface area contributed by atoms with Crippen LogP contribution < -0.4 is 10.6 Å². The summed E-state index contributed by atoms with van der Waals surface area (Å²) in [7, 11) is 0. The Labute approximate surface area is 149 Å². The van der Waals surface area contributed by atoms with Gasteiger partial charge in [-0.05, 0) is 59.0 Å². The minimum Gasteiger partial charge on any atom is -0.345 e. The number of nitrogens with zero attached hydrogens (tertiary/aromatic N) is 1. The maximum absolute atomic E-state index is 12.1. The number of aromatic nitrogens is 1. The van der Waals surface area contributed by atoms with Gasteiger partial charge in [-0.1, -0.05) is 0 Å². The van der Waals surface area contributed by atoms with Gasteiger partial charge in [-0.15, -0.1) is 36.2 Å². The lowest BCUT2D eigenvalue weighted by Crippen LogP contribution is -2.41. The van der Waals surface area contributed by atoms with Gasteiger partial charge in [0.15, 0.2) is 0 Å². The molecule has 7 heteroatoms. The number of thiazole rings is 1. The summed E-state index contributed by atoms with van der Waals surface area (Å²) in [4.78, 5) is 16.6. The number of aryl methyl sites for hydroxylation is 1. The van der Waals surface area contributed by atoms with Crippen LogP contribution in [0.3, 0.4) is 0 Å². The molecular weight excluding hydrogens is 341 g/mol. The van der Waals surface area contributed by atoms with Crippen molar-refractivity contribution in [3.05, 3.63) is 16.1 Å². The van der Waals surface area contributed by atoms with Crippen molar-refractivity contribution in [1.82, 2.24) is 15.6 Å². The molecule has 22 heavy (non-hydrogen) atoms. The number of halogens is 2. The number of nitrogens with one attached hydrogen (secondary N) is 2. The molecule has 0 saturated carbocycles. The van der Waals surface area contributed by atoms with E-state index < -0.39 is 0 Å². The smallest absolute Gasteiger partial charge is 0.220 e. The van der Waals surface area contributed by atoms with E-state index in [4.69, 9.17) is 0 Å². The van der Waals surface area contributed by atoms with Gasteiger partial charge in [0.25, 0.3) is 0 Å². The van der Waals surface area contributed by atoms with Crippen molar-refractivity contribution in [2.24, 2.45) is 5.92 Å². The molecule has 2 rings (SSSR count). The van der Waals surface area contributed by atoms with E-state index in [0.29, 0.717) is 12.3 Å². The first-order valence-corrected chi connectivity index (χ1v) is 8.29. The van der Waals surface area contributed by atoms with Crippen LogP contribution in [0.25, 0.3) is 0 Å². The number of hydrogen-bond acceptors (Lipinski definition) is 4. The first-order valence-electron chi connectivity index (χ1n) is 7.42. The van der Waals surface area contributed by atoms with Crippen LogP contribution in [-0.4, -0.2) is 24.0 Å². The molecule has 0 spiro atoms. The molecule has 0 unspecified atom stereocenters. The van der Waals surface area contributed by atoms with E-state index in [-0.39, 0.29) is 36.3 Å². The molecule has 2 heterocycles. The molecule has 1 aliphatic rings. The Balaban J connectivity index is 0.00000220. The summed E-state index contributed by atoms with van der Waals surface area (Å²) in [6.45, 7) is 8.21. The number of amides is 1. The molecule has 0 radical (unpaired) electrons. The second-order valence-corrected chi connectivity index (χ2v) is 7.06. The van der Waals surface area contributed by atoms with Crippen molar-refractivity contribution in [1.29, 1.82) is 0 Å². The summed E-state index contributed by atoms with van der Waals surface area (Å²) in [6.07, 6.45) is 4.02. The average molecular weight is 368 g/mol. The van der Waals surface area contributed by atoms with Gasteiger partial charge in [-0.25, -0.2) is 4.98 Å². The van der Waals surface area contributed by atoms with Crippen LogP contribution >= 0.6 is 36.2 Å². The van der Waals surface area contributed by atoms with Crippen LogP contribution in [0.2, 0.25) is 0 Å². The molecule has 1 aromatic rings. The van der Waals surface area contributed by atoms with Crippen LogP contribution in [-0.2, 0) is 10.3 Å². The van der Waals surface area contributed by atoms with Crippen LogP contribution in [0.5, 0.6) is 0 Å². The van der Waals surface area contributed by atoms with Crippen molar-refractivity contribution < 1.29 is 4.79 Å². The van der Waals surface area contributed by atoms with Crippen LogP contribution in [0.1, 0.15) is 50.2 Å². The predicted molar refractivity (Wildman–Crippen MR) is 97.3 cm³/mol. The lowest BCUT2D eigenvalue weighted by Gasteiger charge is -2.25. The maximum Gasteiger partial charge on any atom is 0.220 e. The van der Waals surface area contributed by atoms with E-state index in [2.05, 4.69) is 15.6 Å². The number of piperidine rings is 1. The van der Waals surface area contributed by atoms with Gasteiger partial charge in [-0.2, -0.15) is 0 Å². The highest BCUT2D eigenvalue weighted by Gasteiger charge is 2.26. The maximum atomic E-state index is 12.1. The van der Waals surface area contributed by atoms with E-state index >= 15 is 0 Å². The Morgan fingerprint density at radius 3 is 2.59 bits per heavy atom. The van der Waals surface area contributed by atoms with E-state index in [0.717, 1.165) is 30.2 Å². The van der Waals surface area contributed by atoms with E-state index in [1.807, 2.05) is 26.2 Å². The van der Waals surface area contributed by atoms with Gasteiger partial charge >= 0.3 is 0 Å².